The lowest BCUT2D eigenvalue weighted by molar-refractivity contribution is 0.0936. The molecule has 4 rings (SSSR count). The molecule has 1 aromatic heterocycles. The second-order valence-corrected chi connectivity index (χ2v) is 8.94. The van der Waals surface area contributed by atoms with Gasteiger partial charge in [0.05, 0.1) is 5.02 Å². The number of hydrogen-bond acceptors (Lipinski definition) is 4. The molecule has 1 aliphatic carbocycles. The largest absolute Gasteiger partial charge is 0.492 e. The topological polar surface area (TPSA) is 51.5 Å². The lowest BCUT2D eigenvalue weighted by Gasteiger charge is -2.12. The molecule has 2 unspecified atom stereocenters. The maximum Gasteiger partial charge on any atom is 0.198 e. The summed E-state index contributed by atoms with van der Waals surface area (Å²) < 4.78 is 24.6. The van der Waals surface area contributed by atoms with Gasteiger partial charge in [-0.15, -0.1) is 0 Å². The molecule has 0 saturated heterocycles. The third-order valence-corrected chi connectivity index (χ3v) is 6.29. The first kappa shape index (κ1) is 22.1. The first-order valence-electron chi connectivity index (χ1n) is 10.5. The molecule has 7 heteroatoms. The Balaban J connectivity index is 1.17. The minimum atomic E-state index is -0.481. The van der Waals surface area contributed by atoms with E-state index >= 15 is 0 Å². The molecule has 1 aliphatic rings. The van der Waals surface area contributed by atoms with Crippen molar-refractivity contribution in [3.05, 3.63) is 64.1 Å². The van der Waals surface area contributed by atoms with Crippen molar-refractivity contribution in [3.63, 3.8) is 0 Å². The van der Waals surface area contributed by atoms with E-state index in [4.69, 9.17) is 32.4 Å². The van der Waals surface area contributed by atoms with Crippen molar-refractivity contribution in [2.45, 2.75) is 25.7 Å². The third-order valence-electron chi connectivity index (χ3n) is 5.75. The Morgan fingerprint density at radius 2 is 1.97 bits per heavy atom. The van der Waals surface area contributed by atoms with Crippen molar-refractivity contribution in [1.82, 2.24) is 5.32 Å². The van der Waals surface area contributed by atoms with E-state index in [2.05, 4.69) is 5.32 Å². The van der Waals surface area contributed by atoms with Crippen LogP contribution in [0.25, 0.3) is 11.0 Å². The summed E-state index contributed by atoms with van der Waals surface area (Å²) in [5, 5.41) is 4.96. The van der Waals surface area contributed by atoms with Crippen LogP contribution in [0.4, 0.5) is 4.39 Å². The summed E-state index contributed by atoms with van der Waals surface area (Å²) in [4.78, 5) is 12.6. The Morgan fingerprint density at radius 1 is 1.13 bits per heavy atom. The summed E-state index contributed by atoms with van der Waals surface area (Å²) in [7, 11) is 0. The molecule has 0 spiro atoms. The van der Waals surface area contributed by atoms with Gasteiger partial charge in [0.15, 0.2) is 11.5 Å². The molecule has 31 heavy (non-hydrogen) atoms. The van der Waals surface area contributed by atoms with E-state index in [0.717, 1.165) is 31.2 Å². The first-order chi connectivity index (χ1) is 15.0. The zero-order valence-corrected chi connectivity index (χ0v) is 18.5. The van der Waals surface area contributed by atoms with Crippen LogP contribution >= 0.6 is 23.2 Å². The van der Waals surface area contributed by atoms with Gasteiger partial charge < -0.3 is 14.5 Å². The standard InChI is InChI=1S/C24H24Cl2FNO3/c25-18-3-6-23-17(11-18)12-24(31-23)22(29)10-15-1-2-16(9-15)14-28-7-8-30-19-4-5-20(26)21(27)13-19/h3-6,11-13,15-16,28H,1-2,7-10,14H2. The smallest absolute Gasteiger partial charge is 0.198 e. The van der Waals surface area contributed by atoms with Crippen LogP contribution in [0.5, 0.6) is 5.75 Å². The van der Waals surface area contributed by atoms with Crippen LogP contribution in [-0.4, -0.2) is 25.5 Å². The van der Waals surface area contributed by atoms with Crippen molar-refractivity contribution in [2.24, 2.45) is 11.8 Å². The minimum Gasteiger partial charge on any atom is -0.492 e. The summed E-state index contributed by atoms with van der Waals surface area (Å²) in [6.45, 7) is 2.00. The molecule has 164 valence electrons. The van der Waals surface area contributed by atoms with Gasteiger partial charge in [0.1, 0.15) is 23.8 Å². The second-order valence-electron chi connectivity index (χ2n) is 8.09. The highest BCUT2D eigenvalue weighted by Crippen LogP contribution is 2.34. The monoisotopic (exact) mass is 463 g/mol. The summed E-state index contributed by atoms with van der Waals surface area (Å²) >= 11 is 11.7. The average molecular weight is 464 g/mol. The predicted molar refractivity (Wildman–Crippen MR) is 121 cm³/mol. The van der Waals surface area contributed by atoms with Gasteiger partial charge in [-0.25, -0.2) is 4.39 Å². The molecule has 1 fully saturated rings. The van der Waals surface area contributed by atoms with Gasteiger partial charge in [-0.05, 0) is 74.0 Å². The SMILES string of the molecule is O=C(CC1CCC(CNCCOc2ccc(Cl)c(F)c2)C1)c1cc2cc(Cl)ccc2o1. The average Bonchev–Trinajstić information content (AvgIpc) is 3.36. The zero-order chi connectivity index (χ0) is 21.8. The van der Waals surface area contributed by atoms with Gasteiger partial charge in [-0.2, -0.15) is 0 Å². The van der Waals surface area contributed by atoms with E-state index in [9.17, 15) is 9.18 Å². The normalized spacial score (nSPS) is 18.5. The molecule has 2 aromatic carbocycles. The van der Waals surface area contributed by atoms with Gasteiger partial charge in [-0.3, -0.25) is 4.79 Å². The highest BCUT2D eigenvalue weighted by atomic mass is 35.5. The summed E-state index contributed by atoms with van der Waals surface area (Å²) in [5.41, 5.74) is 0.685. The molecule has 2 atom stereocenters. The van der Waals surface area contributed by atoms with E-state index in [1.54, 1.807) is 24.3 Å². The number of furan rings is 1. The number of carbonyl (C=O) groups is 1. The summed E-state index contributed by atoms with van der Waals surface area (Å²) in [6.07, 6.45) is 3.68. The number of hydrogen-bond donors (Lipinski definition) is 1. The van der Waals surface area contributed by atoms with Crippen LogP contribution in [0.1, 0.15) is 36.2 Å². The van der Waals surface area contributed by atoms with Crippen LogP contribution in [-0.2, 0) is 0 Å². The van der Waals surface area contributed by atoms with E-state index < -0.39 is 5.82 Å². The van der Waals surface area contributed by atoms with Crippen LogP contribution in [0.15, 0.2) is 46.9 Å². The van der Waals surface area contributed by atoms with Crippen molar-refractivity contribution in [2.75, 3.05) is 19.7 Å². The Kier molecular flexibility index (Phi) is 7.16. The predicted octanol–water partition coefficient (Wildman–Crippen LogP) is 6.54. The van der Waals surface area contributed by atoms with Crippen LogP contribution < -0.4 is 10.1 Å². The molecule has 1 saturated carbocycles. The van der Waals surface area contributed by atoms with Crippen LogP contribution in [0.2, 0.25) is 10.0 Å². The molecular weight excluding hydrogens is 440 g/mol. The number of rotatable bonds is 9. The molecular formula is C24H24Cl2FNO3. The lowest BCUT2D eigenvalue weighted by atomic mass is 9.98. The molecule has 0 aliphatic heterocycles. The number of benzene rings is 2. The van der Waals surface area contributed by atoms with Gasteiger partial charge in [0, 0.05) is 29.4 Å². The second kappa shape index (κ2) is 10.0. The van der Waals surface area contributed by atoms with E-state index in [0.29, 0.717) is 53.5 Å². The van der Waals surface area contributed by atoms with Crippen molar-refractivity contribution >= 4 is 40.0 Å². The zero-order valence-electron chi connectivity index (χ0n) is 17.0. The Hall–Kier alpha value is -2.08. The van der Waals surface area contributed by atoms with E-state index in [-0.39, 0.29) is 10.8 Å². The fourth-order valence-electron chi connectivity index (χ4n) is 4.18. The number of halogens is 3. The molecule has 0 bridgehead atoms. The molecule has 0 radical (unpaired) electrons. The maximum atomic E-state index is 13.4. The van der Waals surface area contributed by atoms with E-state index in [1.165, 1.54) is 12.1 Å². The Labute approximate surface area is 190 Å². The molecule has 1 N–H and O–H groups in total. The fourth-order valence-corrected chi connectivity index (χ4v) is 4.48. The molecule has 1 heterocycles. The van der Waals surface area contributed by atoms with Gasteiger partial charge in [-0.1, -0.05) is 23.2 Å². The number of ether oxygens (including phenoxy) is 1. The number of nitrogens with one attached hydrogen (secondary N) is 1. The molecule has 4 nitrogen and oxygen atoms in total. The Bertz CT molecular complexity index is 1070. The van der Waals surface area contributed by atoms with Crippen molar-refractivity contribution in [3.8, 4) is 5.75 Å². The number of carbonyl (C=O) groups excluding carboxylic acids is 1. The number of fused-ring (bicyclic) bond motifs is 1. The van der Waals surface area contributed by atoms with Gasteiger partial charge >= 0.3 is 0 Å². The summed E-state index contributed by atoms with van der Waals surface area (Å²) in [6, 6.07) is 11.6. The van der Waals surface area contributed by atoms with Crippen molar-refractivity contribution in [1.29, 1.82) is 0 Å². The van der Waals surface area contributed by atoms with Crippen molar-refractivity contribution < 1.29 is 18.3 Å². The maximum absolute atomic E-state index is 13.4. The quantitative estimate of drug-likeness (QED) is 0.289. The minimum absolute atomic E-state index is 0.0505. The lowest BCUT2D eigenvalue weighted by Crippen LogP contribution is -2.26. The van der Waals surface area contributed by atoms with Crippen LogP contribution in [0, 0.1) is 17.7 Å². The van der Waals surface area contributed by atoms with Crippen LogP contribution in [0.3, 0.4) is 0 Å². The van der Waals surface area contributed by atoms with Gasteiger partial charge in [0.25, 0.3) is 0 Å². The third kappa shape index (κ3) is 5.79. The molecule has 0 amide bonds. The highest BCUT2D eigenvalue weighted by Gasteiger charge is 2.27. The highest BCUT2D eigenvalue weighted by molar-refractivity contribution is 6.31. The van der Waals surface area contributed by atoms with Gasteiger partial charge in [0.2, 0.25) is 0 Å². The number of ketones is 1. The fraction of sp³-hybridized carbons (Fsp3) is 0.375. The molecule has 3 aromatic rings. The number of Topliss-reactive ketones (excluding diaryl/α,β-unsaturated/α-hetero) is 1. The Morgan fingerprint density at radius 3 is 2.81 bits per heavy atom. The first-order valence-corrected chi connectivity index (χ1v) is 11.2. The summed E-state index contributed by atoms with van der Waals surface area (Å²) in [5.74, 6) is 1.37. The van der Waals surface area contributed by atoms with E-state index in [1.807, 2.05) is 6.07 Å².